The minimum atomic E-state index is -0.805. The third-order valence-corrected chi connectivity index (χ3v) is 8.14. The first-order chi connectivity index (χ1) is 19.3. The van der Waals surface area contributed by atoms with Crippen LogP contribution in [-0.2, 0) is 0 Å². The van der Waals surface area contributed by atoms with Gasteiger partial charge in [-0.2, -0.15) is 5.26 Å². The van der Waals surface area contributed by atoms with Gasteiger partial charge in [-0.1, -0.05) is 0 Å². The van der Waals surface area contributed by atoms with E-state index in [4.69, 9.17) is 40.4 Å². The average Bonchev–Trinajstić information content (AvgIpc) is 3.64. The van der Waals surface area contributed by atoms with E-state index in [1.54, 1.807) is 17.2 Å². The molecule has 0 fully saturated rings. The molecule has 0 aliphatic rings. The Morgan fingerprint density at radius 2 is 1.45 bits per heavy atom. The van der Waals surface area contributed by atoms with Gasteiger partial charge in [0.25, 0.3) is 0 Å². The molecule has 218 valence electrons. The summed E-state index contributed by atoms with van der Waals surface area (Å²) < 4.78 is 0. The Morgan fingerprint density at radius 1 is 0.925 bits per heavy atom. The number of nitrogens with zero attached hydrogens (tertiary/aromatic N) is 6. The second-order valence-corrected chi connectivity index (χ2v) is 11.8. The fourth-order valence-electron chi connectivity index (χ4n) is 2.76. The molecule has 20 heteroatoms. The standard InChI is InChI=1S/C20H32N14OS5/c21-9-30-19(26-1-3-39-15(33-17(22)23)13-7-37-10-31-13)28-5-12(35)6-29-20(36)27-2-4-40-16(34-18(24)25)14-8-38-11-32-14/h7-8,10-12,15-16,35H,1-6H2,(H4,22,23,33)(H4,24,25,34)(H2,26,28,30)(H2,27,29,36). The zero-order chi connectivity index (χ0) is 29.2. The summed E-state index contributed by atoms with van der Waals surface area (Å²) in [5.74, 6) is 1.48. The molecule has 3 unspecified atom stereocenters. The van der Waals surface area contributed by atoms with Gasteiger partial charge in [-0.15, -0.1) is 51.2 Å². The van der Waals surface area contributed by atoms with Crippen LogP contribution >= 0.6 is 58.4 Å². The quantitative estimate of drug-likeness (QED) is 0.0354. The van der Waals surface area contributed by atoms with Crippen LogP contribution < -0.4 is 44.2 Å². The van der Waals surface area contributed by atoms with Crippen molar-refractivity contribution in [3.8, 4) is 6.19 Å². The number of hydrogen-bond donors (Lipinski definition) is 9. The Kier molecular flexibility index (Phi) is 15.8. The van der Waals surface area contributed by atoms with Crippen molar-refractivity contribution in [1.82, 2.24) is 31.2 Å². The second-order valence-electron chi connectivity index (χ2n) is 7.54. The Labute approximate surface area is 253 Å². The molecule has 0 amide bonds. The van der Waals surface area contributed by atoms with Crippen LogP contribution in [0.25, 0.3) is 0 Å². The molecule has 0 saturated carbocycles. The molecule has 0 spiro atoms. The largest absolute Gasteiger partial charge is 0.389 e. The lowest BCUT2D eigenvalue weighted by atomic mass is 10.3. The normalized spacial score (nSPS) is 13.2. The van der Waals surface area contributed by atoms with Gasteiger partial charge < -0.3 is 49.3 Å². The number of nitrogens with two attached hydrogens (primary N) is 4. The van der Waals surface area contributed by atoms with Crippen LogP contribution in [0.4, 0.5) is 0 Å². The van der Waals surface area contributed by atoms with E-state index in [0.717, 1.165) is 11.4 Å². The molecule has 2 aromatic rings. The topological polar surface area (TPSA) is 259 Å². The van der Waals surface area contributed by atoms with E-state index in [2.05, 4.69) is 46.2 Å². The fraction of sp³-hybridized carbons (Fsp3) is 0.450. The van der Waals surface area contributed by atoms with Gasteiger partial charge in [0.1, 0.15) is 10.7 Å². The van der Waals surface area contributed by atoms with Crippen LogP contribution in [0.1, 0.15) is 22.1 Å². The molecule has 40 heavy (non-hydrogen) atoms. The van der Waals surface area contributed by atoms with Gasteiger partial charge in [-0.25, -0.2) is 20.0 Å². The first-order valence-corrected chi connectivity index (χ1v) is 16.0. The van der Waals surface area contributed by atoms with E-state index in [0.29, 0.717) is 29.7 Å². The van der Waals surface area contributed by atoms with Gasteiger partial charge in [-0.05, 0) is 12.2 Å². The highest BCUT2D eigenvalue weighted by atomic mass is 32.2. The fourth-order valence-corrected chi connectivity index (χ4v) is 6.14. The number of nitrogens with one attached hydrogen (secondary N) is 4. The van der Waals surface area contributed by atoms with Gasteiger partial charge in [0, 0.05) is 48.4 Å². The summed E-state index contributed by atoms with van der Waals surface area (Å²) in [6, 6.07) is 0. The molecule has 15 nitrogen and oxygen atoms in total. The van der Waals surface area contributed by atoms with Crippen molar-refractivity contribution in [3.63, 3.8) is 0 Å². The lowest BCUT2D eigenvalue weighted by Gasteiger charge is -2.17. The molecule has 13 N–H and O–H groups in total. The minimum absolute atomic E-state index is 0.00143. The maximum Gasteiger partial charge on any atom is 0.209 e. The monoisotopic (exact) mass is 644 g/mol. The second kappa shape index (κ2) is 19.1. The molecule has 3 atom stereocenters. The number of hydrogen-bond acceptors (Lipinski definition) is 12. The Bertz CT molecular complexity index is 1130. The van der Waals surface area contributed by atoms with Gasteiger partial charge in [0.15, 0.2) is 17.0 Å². The van der Waals surface area contributed by atoms with Crippen molar-refractivity contribution in [3.05, 3.63) is 33.2 Å². The summed E-state index contributed by atoms with van der Waals surface area (Å²) in [6.07, 6.45) is 0.928. The zero-order valence-corrected chi connectivity index (χ0v) is 25.3. The lowest BCUT2D eigenvalue weighted by molar-refractivity contribution is 0.180. The van der Waals surface area contributed by atoms with E-state index < -0.39 is 6.10 Å². The summed E-state index contributed by atoms with van der Waals surface area (Å²) in [7, 11) is 0. The van der Waals surface area contributed by atoms with E-state index in [1.807, 2.05) is 10.8 Å². The average molecular weight is 645 g/mol. The van der Waals surface area contributed by atoms with Crippen LogP contribution in [0.15, 0.2) is 36.8 Å². The van der Waals surface area contributed by atoms with Crippen LogP contribution in [0.3, 0.4) is 0 Å². The molecule has 0 radical (unpaired) electrons. The number of aliphatic imine (C=N–C) groups is 3. The number of thiazole rings is 2. The summed E-state index contributed by atoms with van der Waals surface area (Å²) in [6.45, 7) is 1.34. The molecule has 0 bridgehead atoms. The number of nitriles is 1. The van der Waals surface area contributed by atoms with Crippen molar-refractivity contribution in [2.45, 2.75) is 16.9 Å². The van der Waals surface area contributed by atoms with Crippen LogP contribution in [0.5, 0.6) is 0 Å². The first kappa shape index (κ1) is 33.1. The van der Waals surface area contributed by atoms with Crippen molar-refractivity contribution < 1.29 is 5.11 Å². The zero-order valence-electron chi connectivity index (χ0n) is 21.3. The predicted molar refractivity (Wildman–Crippen MR) is 170 cm³/mol. The number of thiocarbonyl (C=S) groups is 1. The van der Waals surface area contributed by atoms with Crippen LogP contribution in [0, 0.1) is 11.5 Å². The molecule has 0 aromatic carbocycles. The molecule has 2 aromatic heterocycles. The summed E-state index contributed by atoms with van der Waals surface area (Å²) in [5, 5.41) is 34.8. The molecular weight excluding hydrogens is 613 g/mol. The van der Waals surface area contributed by atoms with Crippen molar-refractivity contribution in [2.24, 2.45) is 37.9 Å². The van der Waals surface area contributed by atoms with E-state index in [-0.39, 0.29) is 41.7 Å². The van der Waals surface area contributed by atoms with Crippen molar-refractivity contribution in [1.29, 1.82) is 5.26 Å². The highest BCUT2D eigenvalue weighted by molar-refractivity contribution is 7.99. The van der Waals surface area contributed by atoms with Gasteiger partial charge >= 0.3 is 0 Å². The number of thioether (sulfide) groups is 2. The van der Waals surface area contributed by atoms with E-state index >= 15 is 0 Å². The smallest absolute Gasteiger partial charge is 0.209 e. The maximum absolute atomic E-state index is 10.3. The molecule has 0 saturated heterocycles. The molecule has 2 heterocycles. The summed E-state index contributed by atoms with van der Waals surface area (Å²) in [4.78, 5) is 20.6. The predicted octanol–water partition coefficient (Wildman–Crippen LogP) is -0.849. The number of aliphatic hydroxyl groups excluding tert-OH is 1. The SMILES string of the molecule is N#C/N=C(/NCCSC(N=C(N)N)c1cscn1)NCC(O)CNC(=S)NCCSC(N=C(N)N)c1cscn1. The number of aromatic nitrogens is 2. The van der Waals surface area contributed by atoms with Gasteiger partial charge in [0.2, 0.25) is 12.2 Å². The molecular formula is C20H32N14OS5. The molecule has 0 aliphatic heterocycles. The third-order valence-electron chi connectivity index (χ3n) is 4.44. The summed E-state index contributed by atoms with van der Waals surface area (Å²) in [5.41, 5.74) is 27.1. The summed E-state index contributed by atoms with van der Waals surface area (Å²) >= 11 is 11.2. The van der Waals surface area contributed by atoms with Crippen molar-refractivity contribution >= 4 is 81.4 Å². The first-order valence-electron chi connectivity index (χ1n) is 11.6. The highest BCUT2D eigenvalue weighted by Crippen LogP contribution is 2.30. The number of rotatable bonds is 16. The Morgan fingerprint density at radius 3 is 1.93 bits per heavy atom. The lowest BCUT2D eigenvalue weighted by Crippen LogP contribution is -2.46. The Hall–Kier alpha value is -3.09. The number of guanidine groups is 3. The van der Waals surface area contributed by atoms with Crippen molar-refractivity contribution in [2.75, 3.05) is 37.7 Å². The Balaban J connectivity index is 1.64. The van der Waals surface area contributed by atoms with Crippen LogP contribution in [0.2, 0.25) is 0 Å². The highest BCUT2D eigenvalue weighted by Gasteiger charge is 2.14. The van der Waals surface area contributed by atoms with Crippen LogP contribution in [-0.4, -0.2) is 81.9 Å². The molecule has 2 rings (SSSR count). The maximum atomic E-state index is 10.3. The number of aliphatic hydroxyl groups is 1. The van der Waals surface area contributed by atoms with E-state index in [1.165, 1.54) is 46.2 Å². The van der Waals surface area contributed by atoms with Gasteiger partial charge in [0.05, 0.1) is 28.5 Å². The third kappa shape index (κ3) is 13.8. The van der Waals surface area contributed by atoms with Gasteiger partial charge in [-0.3, -0.25) is 0 Å². The molecule has 0 aliphatic carbocycles. The van der Waals surface area contributed by atoms with E-state index in [9.17, 15) is 5.11 Å². The minimum Gasteiger partial charge on any atom is -0.389 e.